The lowest BCUT2D eigenvalue weighted by atomic mass is 9.99. The largest absolute Gasteiger partial charge is 0.481 e. The van der Waals surface area contributed by atoms with Gasteiger partial charge >= 0.3 is 17.8 Å². The predicted octanol–water partition coefficient (Wildman–Crippen LogP) is 1.90. The number of carboxylic acids is 1. The van der Waals surface area contributed by atoms with Gasteiger partial charge in [0.2, 0.25) is 0 Å². The second-order valence-corrected chi connectivity index (χ2v) is 5.97. The first-order chi connectivity index (χ1) is 10.7. The summed E-state index contributed by atoms with van der Waals surface area (Å²) < 4.78 is 6.43. The molecule has 0 saturated heterocycles. The highest BCUT2D eigenvalue weighted by Crippen LogP contribution is 2.18. The summed E-state index contributed by atoms with van der Waals surface area (Å²) in [5.41, 5.74) is 0.813. The summed E-state index contributed by atoms with van der Waals surface area (Å²) in [6.45, 7) is 3.49. The summed E-state index contributed by atoms with van der Waals surface area (Å²) in [4.78, 5) is 34.1. The molecule has 2 aromatic rings. The maximum absolute atomic E-state index is 12.0. The van der Waals surface area contributed by atoms with Crippen molar-refractivity contribution in [2.24, 2.45) is 7.05 Å². The zero-order valence-corrected chi connectivity index (χ0v) is 13.2. The Morgan fingerprint density at radius 3 is 2.70 bits per heavy atom. The molecule has 0 aliphatic carbocycles. The molecule has 3 N–H and O–H groups in total. The van der Waals surface area contributed by atoms with E-state index in [0.717, 1.165) is 0 Å². The van der Waals surface area contributed by atoms with Gasteiger partial charge in [0.05, 0.1) is 5.52 Å². The highest BCUT2D eigenvalue weighted by atomic mass is 16.4. The summed E-state index contributed by atoms with van der Waals surface area (Å²) in [5.74, 6) is -1.39. The van der Waals surface area contributed by atoms with E-state index in [1.165, 1.54) is 4.57 Å². The topological polar surface area (TPSA) is 114 Å². The van der Waals surface area contributed by atoms with Crippen LogP contribution >= 0.6 is 0 Å². The Kier molecular flexibility index (Phi) is 4.44. The smallest absolute Gasteiger partial charge is 0.419 e. The Morgan fingerprint density at radius 1 is 1.35 bits per heavy atom. The van der Waals surface area contributed by atoms with Gasteiger partial charge in [-0.15, -0.1) is 0 Å². The predicted molar refractivity (Wildman–Crippen MR) is 84.6 cm³/mol. The number of urea groups is 1. The normalized spacial score (nSPS) is 11.4. The van der Waals surface area contributed by atoms with Crippen molar-refractivity contribution in [3.63, 3.8) is 0 Å². The molecule has 0 aliphatic rings. The number of rotatable bonds is 5. The van der Waals surface area contributed by atoms with Crippen molar-refractivity contribution in [2.75, 3.05) is 5.32 Å². The van der Waals surface area contributed by atoms with E-state index in [0.29, 0.717) is 23.2 Å². The van der Waals surface area contributed by atoms with Gasteiger partial charge in [0, 0.05) is 30.8 Å². The molecule has 2 rings (SSSR count). The second-order valence-electron chi connectivity index (χ2n) is 5.97. The van der Waals surface area contributed by atoms with Crippen LogP contribution < -0.4 is 16.4 Å². The lowest BCUT2D eigenvalue weighted by Gasteiger charge is -2.25. The summed E-state index contributed by atoms with van der Waals surface area (Å²) in [5, 5.41) is 14.1. The lowest BCUT2D eigenvalue weighted by molar-refractivity contribution is -0.137. The van der Waals surface area contributed by atoms with E-state index < -0.39 is 23.3 Å². The number of oxazole rings is 1. The minimum Gasteiger partial charge on any atom is -0.481 e. The molecule has 2 amide bonds. The van der Waals surface area contributed by atoms with Crippen molar-refractivity contribution >= 4 is 28.8 Å². The number of aliphatic carboxylic acids is 1. The molecule has 1 aromatic carbocycles. The molecule has 8 heteroatoms. The van der Waals surface area contributed by atoms with E-state index in [1.807, 2.05) is 0 Å². The molecule has 1 heterocycles. The third-order valence-corrected chi connectivity index (χ3v) is 3.47. The number of hydrogen-bond donors (Lipinski definition) is 3. The quantitative estimate of drug-likeness (QED) is 0.778. The molecule has 0 radical (unpaired) electrons. The number of hydrogen-bond acceptors (Lipinski definition) is 4. The standard InChI is InChI=1S/C15H19N3O5/c1-15(2,7-6-12(19)20)17-13(21)16-9-4-5-10-11(8-9)23-14(22)18(10)3/h4-5,8H,6-7H2,1-3H3,(H,19,20)(H2,16,17,21). The number of nitrogens with one attached hydrogen (secondary N) is 2. The van der Waals surface area contributed by atoms with Crippen molar-refractivity contribution in [1.29, 1.82) is 0 Å². The van der Waals surface area contributed by atoms with Crippen molar-refractivity contribution in [1.82, 2.24) is 9.88 Å². The van der Waals surface area contributed by atoms with Gasteiger partial charge in [0.1, 0.15) is 0 Å². The third-order valence-electron chi connectivity index (χ3n) is 3.47. The second kappa shape index (κ2) is 6.15. The van der Waals surface area contributed by atoms with Crippen molar-refractivity contribution in [2.45, 2.75) is 32.2 Å². The minimum absolute atomic E-state index is 0.0333. The van der Waals surface area contributed by atoms with Gasteiger partial charge < -0.3 is 20.2 Å². The first kappa shape index (κ1) is 16.6. The molecular weight excluding hydrogens is 302 g/mol. The van der Waals surface area contributed by atoms with Crippen LogP contribution in [-0.2, 0) is 11.8 Å². The number of fused-ring (bicyclic) bond motifs is 1. The van der Waals surface area contributed by atoms with Gasteiger partial charge in [-0.05, 0) is 32.4 Å². The third kappa shape index (κ3) is 4.12. The summed E-state index contributed by atoms with van der Waals surface area (Å²) in [6, 6.07) is 4.42. The minimum atomic E-state index is -0.912. The van der Waals surface area contributed by atoms with E-state index in [9.17, 15) is 14.4 Å². The Labute approximate surface area is 132 Å². The number of carbonyl (C=O) groups excluding carboxylic acids is 1. The summed E-state index contributed by atoms with van der Waals surface area (Å²) in [7, 11) is 1.60. The summed E-state index contributed by atoms with van der Waals surface area (Å²) >= 11 is 0. The van der Waals surface area contributed by atoms with Crippen LogP contribution in [0.1, 0.15) is 26.7 Å². The first-order valence-corrected chi connectivity index (χ1v) is 7.08. The number of benzene rings is 1. The van der Waals surface area contributed by atoms with Crippen LogP contribution in [0.4, 0.5) is 10.5 Å². The zero-order valence-electron chi connectivity index (χ0n) is 13.2. The number of aromatic nitrogens is 1. The van der Waals surface area contributed by atoms with Crippen LogP contribution in [0, 0.1) is 0 Å². The van der Waals surface area contributed by atoms with Crippen LogP contribution in [-0.4, -0.2) is 27.2 Å². The Bertz CT molecular complexity index is 803. The Hall–Kier alpha value is -2.77. The molecule has 0 spiro atoms. The van der Waals surface area contributed by atoms with Crippen LogP contribution in [0.2, 0.25) is 0 Å². The van der Waals surface area contributed by atoms with Crippen LogP contribution in [0.15, 0.2) is 27.4 Å². The Morgan fingerprint density at radius 2 is 2.04 bits per heavy atom. The molecular formula is C15H19N3O5. The fraction of sp³-hybridized carbons (Fsp3) is 0.400. The van der Waals surface area contributed by atoms with Gasteiger partial charge in [-0.25, -0.2) is 9.59 Å². The molecule has 0 bridgehead atoms. The Balaban J connectivity index is 2.05. The van der Waals surface area contributed by atoms with E-state index in [4.69, 9.17) is 9.52 Å². The number of carboxylic acid groups (broad SMARTS) is 1. The van der Waals surface area contributed by atoms with Gasteiger partial charge in [0.15, 0.2) is 5.58 Å². The summed E-state index contributed by atoms with van der Waals surface area (Å²) in [6.07, 6.45) is 0.275. The van der Waals surface area contributed by atoms with Crippen molar-refractivity contribution in [3.05, 3.63) is 28.7 Å². The first-order valence-electron chi connectivity index (χ1n) is 7.08. The van der Waals surface area contributed by atoms with Crippen LogP contribution in [0.5, 0.6) is 0 Å². The maximum atomic E-state index is 12.0. The number of carbonyl (C=O) groups is 2. The van der Waals surface area contributed by atoms with E-state index in [1.54, 1.807) is 39.1 Å². The van der Waals surface area contributed by atoms with Gasteiger partial charge in [0.25, 0.3) is 0 Å². The van der Waals surface area contributed by atoms with E-state index in [2.05, 4.69) is 10.6 Å². The zero-order chi connectivity index (χ0) is 17.2. The van der Waals surface area contributed by atoms with Crippen molar-refractivity contribution in [3.8, 4) is 0 Å². The van der Waals surface area contributed by atoms with E-state index in [-0.39, 0.29) is 6.42 Å². The molecule has 0 unspecified atom stereocenters. The molecule has 0 fully saturated rings. The van der Waals surface area contributed by atoms with E-state index >= 15 is 0 Å². The number of nitrogens with zero attached hydrogens (tertiary/aromatic N) is 1. The average Bonchev–Trinajstić information content (AvgIpc) is 2.71. The molecule has 0 saturated carbocycles. The van der Waals surface area contributed by atoms with Gasteiger partial charge in [-0.1, -0.05) is 0 Å². The fourth-order valence-corrected chi connectivity index (χ4v) is 2.16. The highest BCUT2D eigenvalue weighted by Gasteiger charge is 2.21. The SMILES string of the molecule is Cn1c(=O)oc2cc(NC(=O)NC(C)(C)CCC(=O)O)ccc21. The van der Waals surface area contributed by atoms with Crippen LogP contribution in [0.3, 0.4) is 0 Å². The molecule has 124 valence electrons. The van der Waals surface area contributed by atoms with Gasteiger partial charge in [-0.2, -0.15) is 0 Å². The molecule has 1 aromatic heterocycles. The average molecular weight is 321 g/mol. The fourth-order valence-electron chi connectivity index (χ4n) is 2.16. The number of amides is 2. The van der Waals surface area contributed by atoms with Crippen LogP contribution in [0.25, 0.3) is 11.1 Å². The monoisotopic (exact) mass is 321 g/mol. The van der Waals surface area contributed by atoms with Gasteiger partial charge in [-0.3, -0.25) is 9.36 Å². The highest BCUT2D eigenvalue weighted by molar-refractivity contribution is 5.92. The molecule has 23 heavy (non-hydrogen) atoms. The maximum Gasteiger partial charge on any atom is 0.419 e. The van der Waals surface area contributed by atoms with Crippen molar-refractivity contribution < 1.29 is 19.1 Å². The lowest BCUT2D eigenvalue weighted by Crippen LogP contribution is -2.45. The number of aryl methyl sites for hydroxylation is 1. The molecule has 0 atom stereocenters. The molecule has 8 nitrogen and oxygen atoms in total. The molecule has 0 aliphatic heterocycles. The number of anilines is 1.